The highest BCUT2D eigenvalue weighted by molar-refractivity contribution is 6.00. The maximum absolute atomic E-state index is 11.9. The van der Waals surface area contributed by atoms with Crippen LogP contribution in [0.15, 0.2) is 36.4 Å². The van der Waals surface area contributed by atoms with E-state index in [2.05, 4.69) is 20.9 Å². The largest absolute Gasteiger partial charge is 0.478 e. The van der Waals surface area contributed by atoms with Crippen molar-refractivity contribution in [1.29, 1.82) is 5.26 Å². The van der Waals surface area contributed by atoms with Gasteiger partial charge in [0.05, 0.1) is 18.2 Å². The first kappa shape index (κ1) is 17.7. The summed E-state index contributed by atoms with van der Waals surface area (Å²) in [5, 5.41) is 9.17. The number of ketones is 1. The Balaban J connectivity index is 1.76. The summed E-state index contributed by atoms with van der Waals surface area (Å²) in [7, 11) is 0. The summed E-state index contributed by atoms with van der Waals surface area (Å²) in [6, 6.07) is 13.2. The Morgan fingerprint density at radius 3 is 2.58 bits per heavy atom. The van der Waals surface area contributed by atoms with Crippen molar-refractivity contribution in [2.75, 3.05) is 42.6 Å². The quantitative estimate of drug-likeness (QED) is 0.772. The van der Waals surface area contributed by atoms with Gasteiger partial charge in [0, 0.05) is 43.5 Å². The standard InChI is InChI=1S/C20H22N4O2/c1-3-26-20-6-4-5-19(22-20)24-11-9-23(10-12-24)18-13-16(14-21)7-8-17(18)15(2)25/h4-8,13H,3,9-12H2,1-2H3. The van der Waals surface area contributed by atoms with Gasteiger partial charge in [-0.15, -0.1) is 0 Å². The fourth-order valence-electron chi connectivity index (χ4n) is 3.15. The van der Waals surface area contributed by atoms with Gasteiger partial charge in [-0.1, -0.05) is 6.07 Å². The van der Waals surface area contributed by atoms with Crippen molar-refractivity contribution >= 4 is 17.3 Å². The number of nitriles is 1. The number of aromatic nitrogens is 1. The van der Waals surface area contributed by atoms with Crippen molar-refractivity contribution in [3.63, 3.8) is 0 Å². The van der Waals surface area contributed by atoms with Gasteiger partial charge < -0.3 is 14.5 Å². The summed E-state index contributed by atoms with van der Waals surface area (Å²) in [6.45, 7) is 7.19. The SMILES string of the molecule is CCOc1cccc(N2CCN(c3cc(C#N)ccc3C(C)=O)CC2)n1. The number of nitrogens with zero attached hydrogens (tertiary/aromatic N) is 4. The average molecular weight is 350 g/mol. The van der Waals surface area contributed by atoms with Crippen LogP contribution in [0.5, 0.6) is 5.88 Å². The second kappa shape index (κ2) is 7.87. The molecule has 1 aliphatic heterocycles. The Bertz CT molecular complexity index is 836. The van der Waals surface area contributed by atoms with Gasteiger partial charge in [0.2, 0.25) is 5.88 Å². The molecule has 2 heterocycles. The molecule has 26 heavy (non-hydrogen) atoms. The van der Waals surface area contributed by atoms with Crippen LogP contribution in [0.25, 0.3) is 0 Å². The molecule has 0 amide bonds. The molecule has 1 aliphatic rings. The zero-order chi connectivity index (χ0) is 18.5. The molecular formula is C20H22N4O2. The molecule has 2 aromatic rings. The Morgan fingerprint density at radius 2 is 1.92 bits per heavy atom. The third kappa shape index (κ3) is 3.77. The van der Waals surface area contributed by atoms with E-state index in [9.17, 15) is 4.79 Å². The number of anilines is 2. The van der Waals surface area contributed by atoms with Crippen LogP contribution in [0.4, 0.5) is 11.5 Å². The monoisotopic (exact) mass is 350 g/mol. The lowest BCUT2D eigenvalue weighted by atomic mass is 10.0. The highest BCUT2D eigenvalue weighted by atomic mass is 16.5. The molecule has 0 N–H and O–H groups in total. The lowest BCUT2D eigenvalue weighted by Gasteiger charge is -2.37. The van der Waals surface area contributed by atoms with E-state index in [-0.39, 0.29) is 5.78 Å². The fourth-order valence-corrected chi connectivity index (χ4v) is 3.15. The van der Waals surface area contributed by atoms with E-state index in [1.165, 1.54) is 0 Å². The van der Waals surface area contributed by atoms with Crippen LogP contribution in [0.1, 0.15) is 29.8 Å². The van der Waals surface area contributed by atoms with Crippen LogP contribution in [-0.2, 0) is 0 Å². The zero-order valence-electron chi connectivity index (χ0n) is 15.1. The molecule has 1 aromatic carbocycles. The topological polar surface area (TPSA) is 69.5 Å². The van der Waals surface area contributed by atoms with Gasteiger partial charge in [-0.25, -0.2) is 0 Å². The highest BCUT2D eigenvalue weighted by Crippen LogP contribution is 2.26. The van der Waals surface area contributed by atoms with Crippen molar-refractivity contribution in [2.45, 2.75) is 13.8 Å². The number of piperazine rings is 1. The summed E-state index contributed by atoms with van der Waals surface area (Å²) < 4.78 is 5.48. The summed E-state index contributed by atoms with van der Waals surface area (Å²) >= 11 is 0. The molecule has 134 valence electrons. The number of carbonyl (C=O) groups is 1. The van der Waals surface area contributed by atoms with Crippen molar-refractivity contribution in [3.8, 4) is 11.9 Å². The van der Waals surface area contributed by atoms with Crippen LogP contribution >= 0.6 is 0 Å². The first-order valence-electron chi connectivity index (χ1n) is 8.77. The molecule has 0 spiro atoms. The van der Waals surface area contributed by atoms with Gasteiger partial charge in [0.15, 0.2) is 5.78 Å². The van der Waals surface area contributed by atoms with Gasteiger partial charge in [0.1, 0.15) is 5.82 Å². The lowest BCUT2D eigenvalue weighted by molar-refractivity contribution is 0.101. The maximum Gasteiger partial charge on any atom is 0.215 e. The molecule has 6 nitrogen and oxygen atoms in total. The van der Waals surface area contributed by atoms with E-state index in [4.69, 9.17) is 10.00 Å². The third-order valence-corrected chi connectivity index (χ3v) is 4.45. The number of pyridine rings is 1. The van der Waals surface area contributed by atoms with E-state index in [0.29, 0.717) is 23.6 Å². The highest BCUT2D eigenvalue weighted by Gasteiger charge is 2.22. The van der Waals surface area contributed by atoms with Crippen molar-refractivity contribution in [3.05, 3.63) is 47.5 Å². The molecule has 3 rings (SSSR count). The van der Waals surface area contributed by atoms with Crippen molar-refractivity contribution in [1.82, 2.24) is 4.98 Å². The maximum atomic E-state index is 11.9. The van der Waals surface area contributed by atoms with Crippen molar-refractivity contribution in [2.24, 2.45) is 0 Å². The van der Waals surface area contributed by atoms with Crippen LogP contribution in [-0.4, -0.2) is 43.6 Å². The smallest absolute Gasteiger partial charge is 0.215 e. The summed E-state index contributed by atoms with van der Waals surface area (Å²) in [5.41, 5.74) is 2.07. The predicted octanol–water partition coefficient (Wildman–Crippen LogP) is 2.88. The van der Waals surface area contributed by atoms with E-state index in [1.807, 2.05) is 25.1 Å². The molecule has 0 unspecified atom stereocenters. The second-order valence-electron chi connectivity index (χ2n) is 6.14. The third-order valence-electron chi connectivity index (χ3n) is 4.45. The number of Topliss-reactive ketones (excluding diaryl/α,β-unsaturated/α-hetero) is 1. The van der Waals surface area contributed by atoms with Crippen LogP contribution < -0.4 is 14.5 Å². The zero-order valence-corrected chi connectivity index (χ0v) is 15.1. The van der Waals surface area contributed by atoms with E-state index in [0.717, 1.165) is 37.7 Å². The number of ether oxygens (including phenoxy) is 1. The van der Waals surface area contributed by atoms with E-state index >= 15 is 0 Å². The molecule has 1 aromatic heterocycles. The second-order valence-corrected chi connectivity index (χ2v) is 6.14. The molecule has 6 heteroatoms. The molecule has 1 fully saturated rings. The Hall–Kier alpha value is -3.07. The van der Waals surface area contributed by atoms with Gasteiger partial charge in [0.25, 0.3) is 0 Å². The first-order chi connectivity index (χ1) is 12.6. The minimum absolute atomic E-state index is 0.0120. The van der Waals surface area contributed by atoms with Gasteiger partial charge in [-0.3, -0.25) is 4.79 Å². The Kier molecular flexibility index (Phi) is 5.37. The van der Waals surface area contributed by atoms with Crippen LogP contribution in [0, 0.1) is 11.3 Å². The fraction of sp³-hybridized carbons (Fsp3) is 0.350. The van der Waals surface area contributed by atoms with E-state index < -0.39 is 0 Å². The first-order valence-corrected chi connectivity index (χ1v) is 8.77. The number of carbonyl (C=O) groups excluding carboxylic acids is 1. The molecule has 0 saturated carbocycles. The molecular weight excluding hydrogens is 328 g/mol. The Morgan fingerprint density at radius 1 is 1.19 bits per heavy atom. The molecule has 0 bridgehead atoms. The number of hydrogen-bond acceptors (Lipinski definition) is 6. The minimum Gasteiger partial charge on any atom is -0.478 e. The molecule has 0 radical (unpaired) electrons. The normalized spacial score (nSPS) is 14.0. The lowest BCUT2D eigenvalue weighted by Crippen LogP contribution is -2.47. The summed E-state index contributed by atoms with van der Waals surface area (Å²) in [4.78, 5) is 20.9. The molecule has 0 atom stereocenters. The summed E-state index contributed by atoms with van der Waals surface area (Å²) in [6.07, 6.45) is 0. The molecule has 1 saturated heterocycles. The number of benzene rings is 1. The van der Waals surface area contributed by atoms with Crippen LogP contribution in [0.3, 0.4) is 0 Å². The Labute approximate surface area is 153 Å². The van der Waals surface area contributed by atoms with Gasteiger partial charge >= 0.3 is 0 Å². The summed E-state index contributed by atoms with van der Waals surface area (Å²) in [5.74, 6) is 1.54. The predicted molar refractivity (Wildman–Crippen MR) is 101 cm³/mol. The molecule has 0 aliphatic carbocycles. The number of rotatable bonds is 5. The minimum atomic E-state index is 0.0120. The number of hydrogen-bond donors (Lipinski definition) is 0. The average Bonchev–Trinajstić information content (AvgIpc) is 2.68. The van der Waals surface area contributed by atoms with Crippen molar-refractivity contribution < 1.29 is 9.53 Å². The van der Waals surface area contributed by atoms with Gasteiger partial charge in [-0.2, -0.15) is 10.2 Å². The van der Waals surface area contributed by atoms with E-state index in [1.54, 1.807) is 25.1 Å². The van der Waals surface area contributed by atoms with Gasteiger partial charge in [-0.05, 0) is 38.1 Å². The van der Waals surface area contributed by atoms with Crippen LogP contribution in [0.2, 0.25) is 0 Å².